The molecule has 1 aliphatic carbocycles. The summed E-state index contributed by atoms with van der Waals surface area (Å²) >= 11 is 0. The quantitative estimate of drug-likeness (QED) is 0.725. The van der Waals surface area contributed by atoms with Gasteiger partial charge in [0.25, 0.3) is 11.5 Å². The van der Waals surface area contributed by atoms with Gasteiger partial charge in [-0.1, -0.05) is 30.3 Å². The molecule has 3 rings (SSSR count). The van der Waals surface area contributed by atoms with Crippen LogP contribution in [0.5, 0.6) is 0 Å². The van der Waals surface area contributed by atoms with Crippen molar-refractivity contribution >= 4 is 11.7 Å². The SMILES string of the molecule is CCO[C@@H]1C[C@H]1CC(=O)c1cc(C(=O)NC)c(=O)n(Cc2ccccc2)c1. The molecule has 0 spiro atoms. The molecule has 1 aliphatic rings. The van der Waals surface area contributed by atoms with Crippen LogP contribution in [-0.2, 0) is 11.3 Å². The lowest BCUT2D eigenvalue weighted by molar-refractivity contribution is 0.0931. The van der Waals surface area contributed by atoms with Crippen molar-refractivity contribution in [2.24, 2.45) is 5.92 Å². The molecule has 2 aromatic rings. The molecule has 1 amide bonds. The van der Waals surface area contributed by atoms with Crippen LogP contribution in [0.2, 0.25) is 0 Å². The maximum atomic E-state index is 12.7. The summed E-state index contributed by atoms with van der Waals surface area (Å²) in [5.74, 6) is -0.348. The molecule has 142 valence electrons. The number of ketones is 1. The average Bonchev–Trinajstić information content (AvgIpc) is 3.41. The number of hydrogen-bond donors (Lipinski definition) is 1. The van der Waals surface area contributed by atoms with Crippen LogP contribution in [0.25, 0.3) is 0 Å². The predicted octanol–water partition coefficient (Wildman–Crippen LogP) is 2.25. The monoisotopic (exact) mass is 368 g/mol. The zero-order valence-electron chi connectivity index (χ0n) is 15.6. The minimum absolute atomic E-state index is 0.0172. The van der Waals surface area contributed by atoms with E-state index in [1.54, 1.807) is 6.20 Å². The lowest BCUT2D eigenvalue weighted by Gasteiger charge is -2.11. The van der Waals surface area contributed by atoms with Crippen LogP contribution in [0.3, 0.4) is 0 Å². The van der Waals surface area contributed by atoms with E-state index in [4.69, 9.17) is 4.74 Å². The van der Waals surface area contributed by atoms with Gasteiger partial charge in [0.15, 0.2) is 5.78 Å². The van der Waals surface area contributed by atoms with E-state index in [1.807, 2.05) is 37.3 Å². The third-order valence-corrected chi connectivity index (χ3v) is 4.76. The number of benzene rings is 1. The Morgan fingerprint density at radius 1 is 1.26 bits per heavy atom. The number of amides is 1. The van der Waals surface area contributed by atoms with Crippen molar-refractivity contribution in [3.63, 3.8) is 0 Å². The number of carbonyl (C=O) groups excluding carboxylic acids is 2. The number of pyridine rings is 1. The molecule has 0 bridgehead atoms. The fourth-order valence-corrected chi connectivity index (χ4v) is 3.19. The van der Waals surface area contributed by atoms with E-state index in [2.05, 4.69) is 5.32 Å². The molecule has 0 saturated heterocycles. The molecular formula is C21H24N2O4. The molecule has 27 heavy (non-hydrogen) atoms. The molecule has 1 saturated carbocycles. The number of rotatable bonds is 8. The second kappa shape index (κ2) is 8.31. The lowest BCUT2D eigenvalue weighted by atomic mass is 10.0. The largest absolute Gasteiger partial charge is 0.378 e. The molecule has 0 aliphatic heterocycles. The van der Waals surface area contributed by atoms with Gasteiger partial charge in [0.2, 0.25) is 0 Å². The molecule has 1 aromatic carbocycles. The summed E-state index contributed by atoms with van der Waals surface area (Å²) in [6.45, 7) is 2.88. The molecule has 0 unspecified atom stereocenters. The average molecular weight is 368 g/mol. The van der Waals surface area contributed by atoms with E-state index in [1.165, 1.54) is 17.7 Å². The highest BCUT2D eigenvalue weighted by Gasteiger charge is 2.39. The van der Waals surface area contributed by atoms with Gasteiger partial charge >= 0.3 is 0 Å². The second-order valence-electron chi connectivity index (χ2n) is 6.76. The molecule has 1 heterocycles. The Kier molecular flexibility index (Phi) is 5.86. The second-order valence-corrected chi connectivity index (χ2v) is 6.76. The molecule has 2 atom stereocenters. The summed E-state index contributed by atoms with van der Waals surface area (Å²) < 4.78 is 6.96. The Bertz CT molecular complexity index is 889. The zero-order chi connectivity index (χ0) is 19.4. The fraction of sp³-hybridized carbons (Fsp3) is 0.381. The van der Waals surface area contributed by atoms with Gasteiger partial charge < -0.3 is 14.6 Å². The summed E-state index contributed by atoms with van der Waals surface area (Å²) in [4.78, 5) is 37.5. The molecule has 0 radical (unpaired) electrons. The number of nitrogens with zero attached hydrogens (tertiary/aromatic N) is 1. The first kappa shape index (κ1) is 19.0. The van der Waals surface area contributed by atoms with Crippen LogP contribution in [0.1, 0.15) is 46.0 Å². The van der Waals surface area contributed by atoms with E-state index in [0.717, 1.165) is 12.0 Å². The normalized spacial score (nSPS) is 18.1. The summed E-state index contributed by atoms with van der Waals surface area (Å²) in [6, 6.07) is 10.9. The minimum Gasteiger partial charge on any atom is -0.378 e. The van der Waals surface area contributed by atoms with Gasteiger partial charge in [-0.05, 0) is 30.9 Å². The van der Waals surface area contributed by atoms with E-state index in [9.17, 15) is 14.4 Å². The smallest absolute Gasteiger partial charge is 0.263 e. The number of nitrogens with one attached hydrogen (secondary N) is 1. The fourth-order valence-electron chi connectivity index (χ4n) is 3.19. The molecular weight excluding hydrogens is 344 g/mol. The summed E-state index contributed by atoms with van der Waals surface area (Å²) in [5, 5.41) is 2.47. The van der Waals surface area contributed by atoms with Gasteiger partial charge in [-0.3, -0.25) is 14.4 Å². The van der Waals surface area contributed by atoms with Crippen LogP contribution in [0, 0.1) is 5.92 Å². The zero-order valence-corrected chi connectivity index (χ0v) is 15.6. The standard InChI is InChI=1S/C21H24N2O4/c1-3-27-19-11-15(19)10-18(24)16-9-17(20(25)22-2)21(26)23(13-16)12-14-7-5-4-6-8-14/h4-9,13,15,19H,3,10-12H2,1-2H3,(H,22,25)/t15-,19-/m1/s1. The Morgan fingerprint density at radius 2 is 2.00 bits per heavy atom. The summed E-state index contributed by atoms with van der Waals surface area (Å²) in [7, 11) is 1.47. The van der Waals surface area contributed by atoms with Gasteiger partial charge in [0.05, 0.1) is 12.6 Å². The lowest BCUT2D eigenvalue weighted by Crippen LogP contribution is -2.32. The van der Waals surface area contributed by atoms with Crippen LogP contribution >= 0.6 is 0 Å². The summed E-state index contributed by atoms with van der Waals surface area (Å²) in [5.41, 5.74) is 0.877. The molecule has 6 nitrogen and oxygen atoms in total. The number of Topliss-reactive ketones (excluding diaryl/α,β-unsaturated/α-hetero) is 1. The first-order chi connectivity index (χ1) is 13.0. The van der Waals surface area contributed by atoms with E-state index in [-0.39, 0.29) is 23.4 Å². The molecule has 1 aromatic heterocycles. The third kappa shape index (κ3) is 4.52. The number of aromatic nitrogens is 1. The van der Waals surface area contributed by atoms with Crippen molar-refractivity contribution in [1.29, 1.82) is 0 Å². The van der Waals surface area contributed by atoms with Gasteiger partial charge in [-0.15, -0.1) is 0 Å². The number of carbonyl (C=O) groups is 2. The molecule has 1 N–H and O–H groups in total. The van der Waals surface area contributed by atoms with Crippen molar-refractivity contribution in [3.05, 3.63) is 69.6 Å². The van der Waals surface area contributed by atoms with Crippen LogP contribution < -0.4 is 10.9 Å². The van der Waals surface area contributed by atoms with E-state index < -0.39 is 11.5 Å². The van der Waals surface area contributed by atoms with Crippen LogP contribution in [0.4, 0.5) is 0 Å². The predicted molar refractivity (Wildman–Crippen MR) is 102 cm³/mol. The highest BCUT2D eigenvalue weighted by molar-refractivity contribution is 6.00. The maximum Gasteiger partial charge on any atom is 0.263 e. The Morgan fingerprint density at radius 3 is 2.67 bits per heavy atom. The highest BCUT2D eigenvalue weighted by Crippen LogP contribution is 2.37. The topological polar surface area (TPSA) is 77.4 Å². The number of hydrogen-bond acceptors (Lipinski definition) is 4. The van der Waals surface area contributed by atoms with Gasteiger partial charge in [-0.25, -0.2) is 0 Å². The van der Waals surface area contributed by atoms with Gasteiger partial charge in [0.1, 0.15) is 5.56 Å². The van der Waals surface area contributed by atoms with Crippen molar-refractivity contribution < 1.29 is 14.3 Å². The van der Waals surface area contributed by atoms with Gasteiger partial charge in [-0.2, -0.15) is 0 Å². The Hall–Kier alpha value is -2.73. The van der Waals surface area contributed by atoms with Crippen molar-refractivity contribution in [3.8, 4) is 0 Å². The maximum absolute atomic E-state index is 12.7. The summed E-state index contributed by atoms with van der Waals surface area (Å²) in [6.07, 6.45) is 2.95. The Labute approximate surface area is 158 Å². The Balaban J connectivity index is 1.89. The van der Waals surface area contributed by atoms with Crippen molar-refractivity contribution in [1.82, 2.24) is 9.88 Å². The third-order valence-electron chi connectivity index (χ3n) is 4.76. The van der Waals surface area contributed by atoms with Crippen LogP contribution in [0.15, 0.2) is 47.4 Å². The van der Waals surface area contributed by atoms with Gasteiger partial charge in [0, 0.05) is 31.8 Å². The highest BCUT2D eigenvalue weighted by atomic mass is 16.5. The molecule has 6 heteroatoms. The molecule has 1 fully saturated rings. The van der Waals surface area contributed by atoms with Crippen molar-refractivity contribution in [2.45, 2.75) is 32.4 Å². The first-order valence-corrected chi connectivity index (χ1v) is 9.18. The minimum atomic E-state index is -0.491. The van der Waals surface area contributed by atoms with E-state index >= 15 is 0 Å². The van der Waals surface area contributed by atoms with Crippen LogP contribution in [-0.4, -0.2) is 36.0 Å². The first-order valence-electron chi connectivity index (χ1n) is 9.18. The number of ether oxygens (including phenoxy) is 1. The van der Waals surface area contributed by atoms with E-state index in [0.29, 0.717) is 25.1 Å². The van der Waals surface area contributed by atoms with Crippen molar-refractivity contribution in [2.75, 3.05) is 13.7 Å².